The first-order valence-corrected chi connectivity index (χ1v) is 14.8. The summed E-state index contributed by atoms with van der Waals surface area (Å²) in [5, 5.41) is 3.07. The van der Waals surface area contributed by atoms with Gasteiger partial charge in [0.1, 0.15) is 0 Å². The molecule has 1 fully saturated rings. The lowest BCUT2D eigenvalue weighted by Crippen LogP contribution is -2.41. The summed E-state index contributed by atoms with van der Waals surface area (Å²) in [5.41, 5.74) is 1.40. The highest BCUT2D eigenvalue weighted by Crippen LogP contribution is 2.28. The molecule has 1 unspecified atom stereocenters. The van der Waals surface area contributed by atoms with Crippen molar-refractivity contribution in [1.29, 1.82) is 0 Å². The molecule has 1 aromatic rings. The molecule has 1 aromatic carbocycles. The van der Waals surface area contributed by atoms with Crippen molar-refractivity contribution in [3.8, 4) is 0 Å². The molecule has 1 saturated carbocycles. The van der Waals surface area contributed by atoms with E-state index in [1.165, 1.54) is 48.9 Å². The van der Waals surface area contributed by atoms with Crippen molar-refractivity contribution in [2.45, 2.75) is 64.7 Å². The van der Waals surface area contributed by atoms with Gasteiger partial charge in [0.25, 0.3) is 0 Å². The summed E-state index contributed by atoms with van der Waals surface area (Å²) in [4.78, 5) is 0. The van der Waals surface area contributed by atoms with Crippen molar-refractivity contribution in [1.82, 2.24) is 0 Å². The van der Waals surface area contributed by atoms with E-state index < -0.39 is 16.2 Å². The first-order chi connectivity index (χ1) is 9.36. The van der Waals surface area contributed by atoms with Crippen LogP contribution in [0.25, 0.3) is 0 Å². The van der Waals surface area contributed by atoms with Gasteiger partial charge < -0.3 is 0 Å². The fourth-order valence-electron chi connectivity index (χ4n) is 3.28. The normalized spacial score (nSPS) is 19.1. The van der Waals surface area contributed by atoms with Crippen molar-refractivity contribution in [2.75, 3.05) is 0 Å². The standard InChI is InChI=1S/C17H29ClSi2/c1-14-10-16(12-17(11-14)20(2,3)4)19(18)13-15-8-6-5-7-9-15/h10-12,15,19H,5-9,13H2,1-4H3. The number of benzene rings is 1. The van der Waals surface area contributed by atoms with E-state index in [4.69, 9.17) is 11.1 Å². The van der Waals surface area contributed by atoms with Crippen LogP contribution < -0.4 is 10.4 Å². The van der Waals surface area contributed by atoms with Gasteiger partial charge in [-0.25, -0.2) is 0 Å². The maximum Gasteiger partial charge on any atom is 0.171 e. The quantitative estimate of drug-likeness (QED) is 0.572. The molecule has 1 aliphatic carbocycles. The minimum atomic E-state index is -1.27. The van der Waals surface area contributed by atoms with E-state index >= 15 is 0 Å². The fourth-order valence-corrected chi connectivity index (χ4v) is 7.97. The van der Waals surface area contributed by atoms with Crippen LogP contribution in [0.3, 0.4) is 0 Å². The van der Waals surface area contributed by atoms with Crippen molar-refractivity contribution >= 4 is 37.6 Å². The zero-order valence-corrected chi connectivity index (χ0v) is 16.4. The molecular weight excluding hydrogens is 296 g/mol. The predicted octanol–water partition coefficient (Wildman–Crippen LogP) is 4.29. The second-order valence-corrected chi connectivity index (χ2v) is 16.3. The SMILES string of the molecule is Cc1cc([SiH](Cl)CC2CCCCC2)cc([Si](C)(C)C)c1. The molecule has 20 heavy (non-hydrogen) atoms. The number of halogens is 1. The van der Waals surface area contributed by atoms with Crippen LogP contribution in [0, 0.1) is 12.8 Å². The van der Waals surface area contributed by atoms with E-state index in [2.05, 4.69) is 44.8 Å². The summed E-state index contributed by atoms with van der Waals surface area (Å²) in [5.74, 6) is 0.911. The Labute approximate surface area is 132 Å². The fraction of sp³-hybridized carbons (Fsp3) is 0.647. The number of rotatable bonds is 4. The third-order valence-electron chi connectivity index (χ3n) is 4.59. The molecule has 0 N–H and O–H groups in total. The molecule has 0 nitrogen and oxygen atoms in total. The zero-order chi connectivity index (χ0) is 14.8. The van der Waals surface area contributed by atoms with Gasteiger partial charge in [-0.3, -0.25) is 0 Å². The van der Waals surface area contributed by atoms with Crippen LogP contribution in [0.5, 0.6) is 0 Å². The van der Waals surface area contributed by atoms with Gasteiger partial charge in [-0.05, 0) is 24.1 Å². The molecule has 2 rings (SSSR count). The summed E-state index contributed by atoms with van der Waals surface area (Å²) in [6, 6.07) is 8.49. The molecule has 0 saturated heterocycles. The predicted molar refractivity (Wildman–Crippen MR) is 98.2 cm³/mol. The lowest BCUT2D eigenvalue weighted by Gasteiger charge is -2.24. The van der Waals surface area contributed by atoms with Crippen LogP contribution in [0.1, 0.15) is 37.7 Å². The molecule has 0 radical (unpaired) electrons. The third kappa shape index (κ3) is 4.47. The lowest BCUT2D eigenvalue weighted by molar-refractivity contribution is 0.384. The summed E-state index contributed by atoms with van der Waals surface area (Å²) in [6.45, 7) is 9.51. The van der Waals surface area contributed by atoms with Gasteiger partial charge in [0.2, 0.25) is 0 Å². The topological polar surface area (TPSA) is 0 Å². The second-order valence-electron chi connectivity index (χ2n) is 7.59. The van der Waals surface area contributed by atoms with E-state index in [-0.39, 0.29) is 0 Å². The van der Waals surface area contributed by atoms with Crippen LogP contribution in [-0.2, 0) is 0 Å². The Kier molecular flexibility index (Phi) is 5.55. The van der Waals surface area contributed by atoms with Gasteiger partial charge in [0, 0.05) is 0 Å². The molecule has 0 amide bonds. The van der Waals surface area contributed by atoms with Gasteiger partial charge in [0.05, 0.1) is 8.07 Å². The highest BCUT2D eigenvalue weighted by molar-refractivity contribution is 7.14. The number of aryl methyl sites for hydroxylation is 1. The average Bonchev–Trinajstić information content (AvgIpc) is 2.38. The molecule has 0 bridgehead atoms. The Morgan fingerprint density at radius 2 is 1.75 bits per heavy atom. The van der Waals surface area contributed by atoms with Gasteiger partial charge in [-0.1, -0.05) is 80.7 Å². The summed E-state index contributed by atoms with van der Waals surface area (Å²) < 4.78 is 0. The summed E-state index contributed by atoms with van der Waals surface area (Å²) >= 11 is 6.89. The summed E-state index contributed by atoms with van der Waals surface area (Å²) in [6.07, 6.45) is 7.13. The summed E-state index contributed by atoms with van der Waals surface area (Å²) in [7, 11) is -2.50. The Balaban J connectivity index is 2.12. The van der Waals surface area contributed by atoms with E-state index in [0.29, 0.717) is 0 Å². The molecule has 3 heteroatoms. The first-order valence-electron chi connectivity index (χ1n) is 8.12. The van der Waals surface area contributed by atoms with Crippen LogP contribution in [0.4, 0.5) is 0 Å². The highest BCUT2D eigenvalue weighted by atomic mass is 35.6. The largest absolute Gasteiger partial charge is 0.171 e. The van der Waals surface area contributed by atoms with Crippen molar-refractivity contribution in [3.63, 3.8) is 0 Å². The van der Waals surface area contributed by atoms with E-state index in [9.17, 15) is 0 Å². The molecule has 112 valence electrons. The van der Waals surface area contributed by atoms with Crippen LogP contribution in [-0.4, -0.2) is 16.2 Å². The first kappa shape index (κ1) is 16.3. The van der Waals surface area contributed by atoms with Crippen molar-refractivity contribution in [3.05, 3.63) is 23.8 Å². The molecule has 1 aliphatic rings. The van der Waals surface area contributed by atoms with Gasteiger partial charge in [-0.15, -0.1) is 0 Å². The Bertz CT molecular complexity index is 445. The molecule has 0 aliphatic heterocycles. The zero-order valence-electron chi connectivity index (χ0n) is 13.5. The van der Waals surface area contributed by atoms with E-state index in [0.717, 1.165) is 5.92 Å². The Morgan fingerprint density at radius 3 is 2.35 bits per heavy atom. The minimum absolute atomic E-state index is 0.911. The molecular formula is C17H29ClSi2. The van der Waals surface area contributed by atoms with Crippen LogP contribution in [0.2, 0.25) is 25.7 Å². The Hall–Kier alpha value is -0.0562. The molecule has 0 heterocycles. The van der Waals surface area contributed by atoms with Gasteiger partial charge >= 0.3 is 0 Å². The average molecular weight is 325 g/mol. The smallest absolute Gasteiger partial charge is 0.165 e. The van der Waals surface area contributed by atoms with Crippen molar-refractivity contribution in [2.24, 2.45) is 5.92 Å². The van der Waals surface area contributed by atoms with E-state index in [1.54, 1.807) is 5.19 Å². The maximum atomic E-state index is 6.89. The second kappa shape index (κ2) is 6.80. The van der Waals surface area contributed by atoms with Crippen LogP contribution in [0.15, 0.2) is 18.2 Å². The van der Waals surface area contributed by atoms with Crippen LogP contribution >= 0.6 is 11.1 Å². The lowest BCUT2D eigenvalue weighted by atomic mass is 9.91. The third-order valence-corrected chi connectivity index (χ3v) is 10.0. The molecule has 1 atom stereocenters. The Morgan fingerprint density at radius 1 is 1.10 bits per heavy atom. The van der Waals surface area contributed by atoms with Gasteiger partial charge in [-0.2, -0.15) is 11.1 Å². The van der Waals surface area contributed by atoms with Crippen molar-refractivity contribution < 1.29 is 0 Å². The van der Waals surface area contributed by atoms with E-state index in [1.807, 2.05) is 0 Å². The molecule has 0 aromatic heterocycles. The van der Waals surface area contributed by atoms with Gasteiger partial charge in [0.15, 0.2) is 8.11 Å². The number of hydrogen-bond acceptors (Lipinski definition) is 0. The maximum absolute atomic E-state index is 6.89. The monoisotopic (exact) mass is 324 g/mol. The highest BCUT2D eigenvalue weighted by Gasteiger charge is 2.23. The minimum Gasteiger partial charge on any atom is -0.165 e. The number of hydrogen-bond donors (Lipinski definition) is 0. The molecule has 0 spiro atoms.